The van der Waals surface area contributed by atoms with Crippen molar-refractivity contribution in [3.8, 4) is 16.8 Å². The molecule has 0 bridgehead atoms. The lowest BCUT2D eigenvalue weighted by molar-refractivity contribution is 0.635. The fourth-order valence-electron chi connectivity index (χ4n) is 7.73. The Kier molecular flexibility index (Phi) is 6.65. The van der Waals surface area contributed by atoms with Crippen LogP contribution in [-0.2, 0) is 0 Å². The summed E-state index contributed by atoms with van der Waals surface area (Å²) in [7, 11) is 0. The summed E-state index contributed by atoms with van der Waals surface area (Å²) in [6.45, 7) is 2.34. The Hall–Kier alpha value is -5.31. The van der Waals surface area contributed by atoms with Crippen LogP contribution in [0.15, 0.2) is 169 Å². The van der Waals surface area contributed by atoms with Crippen molar-refractivity contribution < 1.29 is 0 Å². The Morgan fingerprint density at radius 1 is 0.596 bits per heavy atom. The first-order valence-corrected chi connectivity index (χ1v) is 16.8. The highest BCUT2D eigenvalue weighted by Gasteiger charge is 2.29. The van der Waals surface area contributed by atoms with Crippen LogP contribution >= 0.6 is 12.6 Å². The molecule has 0 fully saturated rings. The SMILES string of the molecule is CC1C=CC(c2ccccc2)=CC1c1c(S)c2ccccc2c2c1c1ccc(-c3cccc4ccccc34)cc1n2-c1ccccc1. The Balaban J connectivity index is 1.42. The molecule has 1 nitrogen and oxygen atoms in total. The van der Waals surface area contributed by atoms with Crippen LogP contribution in [0.2, 0.25) is 0 Å². The minimum absolute atomic E-state index is 0.155. The molecular formula is C45H33NS. The second-order valence-corrected chi connectivity index (χ2v) is 13.1. The van der Waals surface area contributed by atoms with Crippen LogP contribution in [0.4, 0.5) is 0 Å². The number of aromatic nitrogens is 1. The Bertz CT molecular complexity index is 2530. The number of nitrogens with zero attached hydrogens (tertiary/aromatic N) is 1. The van der Waals surface area contributed by atoms with Gasteiger partial charge in [0, 0.05) is 32.7 Å². The van der Waals surface area contributed by atoms with Gasteiger partial charge in [0.2, 0.25) is 0 Å². The maximum Gasteiger partial charge on any atom is 0.0623 e. The maximum absolute atomic E-state index is 5.39. The van der Waals surface area contributed by atoms with Crippen molar-refractivity contribution in [3.63, 3.8) is 0 Å². The summed E-state index contributed by atoms with van der Waals surface area (Å²) in [4.78, 5) is 1.06. The summed E-state index contributed by atoms with van der Waals surface area (Å²) in [6.07, 6.45) is 7.13. The van der Waals surface area contributed by atoms with E-state index in [2.05, 4.69) is 175 Å². The number of rotatable bonds is 4. The van der Waals surface area contributed by atoms with Gasteiger partial charge in [0.25, 0.3) is 0 Å². The van der Waals surface area contributed by atoms with E-state index in [0.717, 1.165) is 10.6 Å². The lowest BCUT2D eigenvalue weighted by Gasteiger charge is -2.27. The first kappa shape index (κ1) is 28.0. The van der Waals surface area contributed by atoms with Crippen molar-refractivity contribution in [3.05, 3.63) is 175 Å². The van der Waals surface area contributed by atoms with E-state index in [4.69, 9.17) is 12.6 Å². The summed E-state index contributed by atoms with van der Waals surface area (Å²) < 4.78 is 2.49. The molecule has 2 heteroatoms. The van der Waals surface area contributed by atoms with Crippen molar-refractivity contribution in [2.24, 2.45) is 5.92 Å². The van der Waals surface area contributed by atoms with Gasteiger partial charge < -0.3 is 4.57 Å². The Morgan fingerprint density at radius 3 is 2.09 bits per heavy atom. The van der Waals surface area contributed by atoms with Crippen LogP contribution in [0.1, 0.15) is 24.0 Å². The van der Waals surface area contributed by atoms with Crippen molar-refractivity contribution >= 4 is 61.6 Å². The molecule has 0 spiro atoms. The van der Waals surface area contributed by atoms with Gasteiger partial charge in [-0.15, -0.1) is 12.6 Å². The van der Waals surface area contributed by atoms with E-state index < -0.39 is 0 Å². The molecule has 1 aromatic heterocycles. The molecule has 0 amide bonds. The largest absolute Gasteiger partial charge is 0.309 e. The lowest BCUT2D eigenvalue weighted by atomic mass is 9.78. The summed E-state index contributed by atoms with van der Waals surface area (Å²) in [6, 6.07) is 52.7. The molecular weight excluding hydrogens is 587 g/mol. The third kappa shape index (κ3) is 4.47. The molecule has 0 radical (unpaired) electrons. The van der Waals surface area contributed by atoms with Crippen LogP contribution in [0.25, 0.3) is 65.7 Å². The predicted molar refractivity (Wildman–Crippen MR) is 204 cm³/mol. The number of hydrogen-bond donors (Lipinski definition) is 1. The fourth-order valence-corrected chi connectivity index (χ4v) is 8.19. The van der Waals surface area contributed by atoms with E-state index in [-0.39, 0.29) is 5.92 Å². The molecule has 7 aromatic carbocycles. The number of fused-ring (bicyclic) bond motifs is 6. The highest BCUT2D eigenvalue weighted by molar-refractivity contribution is 7.80. The summed E-state index contributed by atoms with van der Waals surface area (Å²) >= 11 is 5.39. The quantitative estimate of drug-likeness (QED) is 0.187. The molecule has 1 aliphatic carbocycles. The second-order valence-electron chi connectivity index (χ2n) is 12.7. The smallest absolute Gasteiger partial charge is 0.0623 e. The third-order valence-electron chi connectivity index (χ3n) is 9.99. The van der Waals surface area contributed by atoms with Crippen molar-refractivity contribution in [2.45, 2.75) is 17.7 Å². The van der Waals surface area contributed by atoms with Gasteiger partial charge in [-0.2, -0.15) is 0 Å². The Morgan fingerprint density at radius 2 is 1.28 bits per heavy atom. The van der Waals surface area contributed by atoms with Crippen molar-refractivity contribution in [2.75, 3.05) is 0 Å². The highest BCUT2D eigenvalue weighted by atomic mass is 32.1. The van der Waals surface area contributed by atoms with Gasteiger partial charge in [0.1, 0.15) is 0 Å². The van der Waals surface area contributed by atoms with E-state index in [0.29, 0.717) is 5.92 Å². The van der Waals surface area contributed by atoms with Gasteiger partial charge in [-0.3, -0.25) is 0 Å². The molecule has 0 N–H and O–H groups in total. The molecule has 0 saturated heterocycles. The van der Waals surface area contributed by atoms with Gasteiger partial charge >= 0.3 is 0 Å². The molecule has 0 aliphatic heterocycles. The first-order chi connectivity index (χ1) is 23.2. The minimum Gasteiger partial charge on any atom is -0.309 e. The normalized spacial score (nSPS) is 16.3. The Labute approximate surface area is 280 Å². The lowest BCUT2D eigenvalue weighted by Crippen LogP contribution is -2.11. The van der Waals surface area contributed by atoms with E-state index in [9.17, 15) is 0 Å². The molecule has 1 aliphatic rings. The molecule has 224 valence electrons. The molecule has 1 heterocycles. The van der Waals surface area contributed by atoms with Crippen molar-refractivity contribution in [1.82, 2.24) is 4.57 Å². The van der Waals surface area contributed by atoms with E-state index in [1.54, 1.807) is 0 Å². The average molecular weight is 620 g/mol. The maximum atomic E-state index is 5.39. The molecule has 0 saturated carbocycles. The van der Waals surface area contributed by atoms with Crippen LogP contribution < -0.4 is 0 Å². The number of benzene rings is 7. The standard InChI is InChI=1S/C45H33NS/c1-29-23-24-32(30-13-4-2-5-14-30)27-40(29)43-42-39-26-25-33(36-22-12-16-31-15-8-9-19-35(31)36)28-41(39)46(34-17-6-3-7-18-34)44(42)37-20-10-11-21-38(37)45(43)47/h2-29,40,47H,1H3. The van der Waals surface area contributed by atoms with Crippen LogP contribution in [-0.4, -0.2) is 4.57 Å². The predicted octanol–water partition coefficient (Wildman–Crippen LogP) is 12.4. The van der Waals surface area contributed by atoms with Crippen LogP contribution in [0.5, 0.6) is 0 Å². The van der Waals surface area contributed by atoms with Crippen molar-refractivity contribution in [1.29, 1.82) is 0 Å². The monoisotopic (exact) mass is 619 g/mol. The number of hydrogen-bond acceptors (Lipinski definition) is 1. The molecule has 47 heavy (non-hydrogen) atoms. The topological polar surface area (TPSA) is 4.93 Å². The summed E-state index contributed by atoms with van der Waals surface area (Å²) in [5.41, 5.74) is 9.85. The van der Waals surface area contributed by atoms with Crippen LogP contribution in [0, 0.1) is 5.92 Å². The molecule has 2 atom stereocenters. The summed E-state index contributed by atoms with van der Waals surface area (Å²) in [5, 5.41) is 7.45. The zero-order chi connectivity index (χ0) is 31.5. The number of para-hydroxylation sites is 1. The van der Waals surface area contributed by atoms with Crippen LogP contribution in [0.3, 0.4) is 0 Å². The second kappa shape index (κ2) is 11.2. The third-order valence-corrected chi connectivity index (χ3v) is 10.5. The van der Waals surface area contributed by atoms with E-state index >= 15 is 0 Å². The van der Waals surface area contributed by atoms with Gasteiger partial charge in [-0.25, -0.2) is 0 Å². The average Bonchev–Trinajstić information content (AvgIpc) is 3.47. The molecule has 2 unspecified atom stereocenters. The summed E-state index contributed by atoms with van der Waals surface area (Å²) in [5.74, 6) is 0.463. The van der Waals surface area contributed by atoms with Gasteiger partial charge in [-0.1, -0.05) is 153 Å². The number of allylic oxidation sites excluding steroid dienone is 4. The molecule has 9 rings (SSSR count). The van der Waals surface area contributed by atoms with Gasteiger partial charge in [-0.05, 0) is 68.1 Å². The van der Waals surface area contributed by atoms with E-state index in [1.807, 2.05) is 0 Å². The number of thiol groups is 1. The van der Waals surface area contributed by atoms with E-state index in [1.165, 1.54) is 71.2 Å². The molecule has 8 aromatic rings. The highest BCUT2D eigenvalue weighted by Crippen LogP contribution is 2.49. The minimum atomic E-state index is 0.155. The first-order valence-electron chi connectivity index (χ1n) is 16.4. The fraction of sp³-hybridized carbons (Fsp3) is 0.0667. The van der Waals surface area contributed by atoms with Gasteiger partial charge in [0.15, 0.2) is 0 Å². The zero-order valence-corrected chi connectivity index (χ0v) is 27.0. The zero-order valence-electron chi connectivity index (χ0n) is 26.1. The van der Waals surface area contributed by atoms with Gasteiger partial charge in [0.05, 0.1) is 11.0 Å².